The Morgan fingerprint density at radius 2 is 1.81 bits per heavy atom. The lowest BCUT2D eigenvalue weighted by Gasteiger charge is -2.06. The molecule has 0 aromatic carbocycles. The van der Waals surface area contributed by atoms with Crippen molar-refractivity contribution >= 4 is 11.8 Å². The minimum absolute atomic E-state index is 0.0519. The molecule has 0 aliphatic heterocycles. The monoisotopic (exact) mass is 225 g/mol. The highest BCUT2D eigenvalue weighted by atomic mass is 16.2. The number of hydrogen-bond acceptors (Lipinski definition) is 3. The molecular formula is C11H19N3O2. The Labute approximate surface area is 95.3 Å². The third-order valence-corrected chi connectivity index (χ3v) is 2.78. The molecule has 0 radical (unpaired) electrons. The predicted octanol–water partition coefficient (Wildman–Crippen LogP) is -0.619. The Bertz CT molecular complexity index is 272. The Kier molecular flexibility index (Phi) is 3.77. The molecule has 0 spiro atoms. The fourth-order valence-corrected chi connectivity index (χ4v) is 1.47. The van der Waals surface area contributed by atoms with Gasteiger partial charge in [0.25, 0.3) is 0 Å². The molecule has 5 heteroatoms. The second-order valence-corrected chi connectivity index (χ2v) is 4.58. The Hall–Kier alpha value is -1.10. The van der Waals surface area contributed by atoms with Crippen molar-refractivity contribution in [1.29, 1.82) is 0 Å². The largest absolute Gasteiger partial charge is 0.355 e. The van der Waals surface area contributed by atoms with Crippen molar-refractivity contribution in [2.75, 3.05) is 19.6 Å². The van der Waals surface area contributed by atoms with Gasteiger partial charge in [-0.25, -0.2) is 0 Å². The molecule has 2 aliphatic rings. The van der Waals surface area contributed by atoms with Gasteiger partial charge in [-0.3, -0.25) is 9.59 Å². The van der Waals surface area contributed by atoms with E-state index in [4.69, 9.17) is 0 Å². The van der Waals surface area contributed by atoms with Gasteiger partial charge in [0, 0.05) is 25.0 Å². The minimum Gasteiger partial charge on any atom is -0.355 e. The molecule has 0 unspecified atom stereocenters. The average molecular weight is 225 g/mol. The van der Waals surface area contributed by atoms with E-state index in [0.717, 1.165) is 25.7 Å². The van der Waals surface area contributed by atoms with Crippen molar-refractivity contribution < 1.29 is 9.59 Å². The SMILES string of the molecule is O=C(CNCCNC(=O)C1CC1)NC1CC1. The van der Waals surface area contributed by atoms with Crippen molar-refractivity contribution in [1.82, 2.24) is 16.0 Å². The van der Waals surface area contributed by atoms with Crippen LogP contribution in [0.5, 0.6) is 0 Å². The fourth-order valence-electron chi connectivity index (χ4n) is 1.47. The van der Waals surface area contributed by atoms with Crippen LogP contribution in [0.4, 0.5) is 0 Å². The zero-order valence-corrected chi connectivity index (χ0v) is 9.42. The van der Waals surface area contributed by atoms with Gasteiger partial charge in [0.05, 0.1) is 6.54 Å². The highest BCUT2D eigenvalue weighted by molar-refractivity contribution is 5.80. The van der Waals surface area contributed by atoms with Crippen molar-refractivity contribution in [3.63, 3.8) is 0 Å². The Morgan fingerprint density at radius 1 is 1.06 bits per heavy atom. The molecule has 0 saturated heterocycles. The minimum atomic E-state index is 0.0519. The van der Waals surface area contributed by atoms with Crippen LogP contribution in [-0.2, 0) is 9.59 Å². The van der Waals surface area contributed by atoms with Crippen LogP contribution in [0, 0.1) is 5.92 Å². The first-order valence-corrected chi connectivity index (χ1v) is 6.03. The number of hydrogen-bond donors (Lipinski definition) is 3. The molecule has 0 heterocycles. The van der Waals surface area contributed by atoms with Crippen molar-refractivity contribution in [2.24, 2.45) is 5.92 Å². The highest BCUT2D eigenvalue weighted by Crippen LogP contribution is 2.28. The lowest BCUT2D eigenvalue weighted by atomic mass is 10.4. The second kappa shape index (κ2) is 5.30. The highest BCUT2D eigenvalue weighted by Gasteiger charge is 2.29. The molecule has 0 bridgehead atoms. The van der Waals surface area contributed by atoms with Crippen molar-refractivity contribution in [3.8, 4) is 0 Å². The van der Waals surface area contributed by atoms with Crippen LogP contribution in [0.15, 0.2) is 0 Å². The Morgan fingerprint density at radius 3 is 2.44 bits per heavy atom. The molecule has 2 saturated carbocycles. The summed E-state index contributed by atoms with van der Waals surface area (Å²) in [4.78, 5) is 22.5. The van der Waals surface area contributed by atoms with Gasteiger partial charge < -0.3 is 16.0 Å². The predicted molar refractivity (Wildman–Crippen MR) is 59.8 cm³/mol. The summed E-state index contributed by atoms with van der Waals surface area (Å²) in [5.74, 6) is 0.471. The summed E-state index contributed by atoms with van der Waals surface area (Å²) in [6.45, 7) is 1.60. The lowest BCUT2D eigenvalue weighted by molar-refractivity contribution is -0.122. The van der Waals surface area contributed by atoms with E-state index in [1.165, 1.54) is 0 Å². The molecule has 0 aromatic rings. The zero-order chi connectivity index (χ0) is 11.4. The first kappa shape index (κ1) is 11.4. The first-order chi connectivity index (χ1) is 7.75. The maximum Gasteiger partial charge on any atom is 0.234 e. The number of rotatable bonds is 7. The normalized spacial score (nSPS) is 19.2. The van der Waals surface area contributed by atoms with E-state index in [1.54, 1.807) is 0 Å². The van der Waals surface area contributed by atoms with E-state index in [-0.39, 0.29) is 17.7 Å². The van der Waals surface area contributed by atoms with E-state index in [2.05, 4.69) is 16.0 Å². The van der Waals surface area contributed by atoms with Gasteiger partial charge in [0.1, 0.15) is 0 Å². The lowest BCUT2D eigenvalue weighted by Crippen LogP contribution is -2.39. The van der Waals surface area contributed by atoms with Crippen LogP contribution in [0.1, 0.15) is 25.7 Å². The number of amides is 2. The Balaban J connectivity index is 1.41. The molecule has 90 valence electrons. The maximum atomic E-state index is 11.2. The van der Waals surface area contributed by atoms with Crippen LogP contribution in [0.25, 0.3) is 0 Å². The van der Waals surface area contributed by atoms with E-state index in [9.17, 15) is 9.59 Å². The van der Waals surface area contributed by atoms with E-state index in [1.807, 2.05) is 0 Å². The molecule has 3 N–H and O–H groups in total. The standard InChI is InChI=1S/C11H19N3O2/c15-10(14-9-3-4-9)7-12-5-6-13-11(16)8-1-2-8/h8-9,12H,1-7H2,(H,13,16)(H,14,15). The van der Waals surface area contributed by atoms with E-state index >= 15 is 0 Å². The second-order valence-electron chi connectivity index (χ2n) is 4.58. The van der Waals surface area contributed by atoms with E-state index < -0.39 is 0 Å². The summed E-state index contributed by atoms with van der Waals surface area (Å²) in [5, 5.41) is 8.74. The first-order valence-electron chi connectivity index (χ1n) is 6.03. The summed E-state index contributed by atoms with van der Waals surface area (Å²) in [5.41, 5.74) is 0. The van der Waals surface area contributed by atoms with Gasteiger partial charge >= 0.3 is 0 Å². The van der Waals surface area contributed by atoms with Crippen LogP contribution in [-0.4, -0.2) is 37.5 Å². The third-order valence-electron chi connectivity index (χ3n) is 2.78. The van der Waals surface area contributed by atoms with Gasteiger partial charge in [0.2, 0.25) is 11.8 Å². The van der Waals surface area contributed by atoms with Crippen LogP contribution in [0.3, 0.4) is 0 Å². The van der Waals surface area contributed by atoms with Gasteiger partial charge in [-0.15, -0.1) is 0 Å². The molecule has 2 aliphatic carbocycles. The maximum absolute atomic E-state index is 11.2. The third kappa shape index (κ3) is 4.18. The molecule has 2 amide bonds. The molecule has 16 heavy (non-hydrogen) atoms. The van der Waals surface area contributed by atoms with E-state index in [0.29, 0.717) is 25.7 Å². The molecule has 2 rings (SSSR count). The van der Waals surface area contributed by atoms with Gasteiger partial charge in [-0.2, -0.15) is 0 Å². The summed E-state index contributed by atoms with van der Waals surface area (Å²) in [6.07, 6.45) is 4.29. The smallest absolute Gasteiger partial charge is 0.234 e. The number of carbonyl (C=O) groups excluding carboxylic acids is 2. The summed E-state index contributed by atoms with van der Waals surface area (Å²) < 4.78 is 0. The quantitative estimate of drug-likeness (QED) is 0.506. The summed E-state index contributed by atoms with van der Waals surface area (Å²) in [6, 6.07) is 0.420. The molecule has 5 nitrogen and oxygen atoms in total. The van der Waals surface area contributed by atoms with Crippen LogP contribution >= 0.6 is 0 Å². The average Bonchev–Trinajstić information content (AvgIpc) is 3.10. The number of nitrogens with one attached hydrogen (secondary N) is 3. The summed E-state index contributed by atoms with van der Waals surface area (Å²) in [7, 11) is 0. The fraction of sp³-hybridized carbons (Fsp3) is 0.818. The van der Waals surface area contributed by atoms with Crippen molar-refractivity contribution in [3.05, 3.63) is 0 Å². The van der Waals surface area contributed by atoms with Crippen LogP contribution in [0.2, 0.25) is 0 Å². The molecular weight excluding hydrogens is 206 g/mol. The number of carbonyl (C=O) groups is 2. The molecule has 0 atom stereocenters. The van der Waals surface area contributed by atoms with Gasteiger partial charge in [0.15, 0.2) is 0 Å². The molecule has 0 aromatic heterocycles. The molecule has 2 fully saturated rings. The topological polar surface area (TPSA) is 70.2 Å². The zero-order valence-electron chi connectivity index (χ0n) is 9.42. The van der Waals surface area contributed by atoms with Crippen molar-refractivity contribution in [2.45, 2.75) is 31.7 Å². The van der Waals surface area contributed by atoms with Gasteiger partial charge in [-0.1, -0.05) is 0 Å². The van der Waals surface area contributed by atoms with Gasteiger partial charge in [-0.05, 0) is 25.7 Å². The summed E-state index contributed by atoms with van der Waals surface area (Å²) >= 11 is 0. The van der Waals surface area contributed by atoms with Crippen LogP contribution < -0.4 is 16.0 Å².